The molecule has 0 aliphatic rings. The first-order valence-corrected chi connectivity index (χ1v) is 7.07. The van der Waals surface area contributed by atoms with Crippen LogP contribution < -0.4 is 10.1 Å². The van der Waals surface area contributed by atoms with Gasteiger partial charge in [0.05, 0.1) is 13.7 Å². The molecule has 2 N–H and O–H groups in total. The molecule has 3 heteroatoms. The van der Waals surface area contributed by atoms with Gasteiger partial charge in [-0.3, -0.25) is 0 Å². The lowest BCUT2D eigenvalue weighted by Gasteiger charge is -2.23. The van der Waals surface area contributed by atoms with E-state index in [9.17, 15) is 5.11 Å². The molecular weight excluding hydrogens is 238 g/mol. The van der Waals surface area contributed by atoms with E-state index >= 15 is 0 Å². The summed E-state index contributed by atoms with van der Waals surface area (Å²) in [5.41, 5.74) is 1.25. The van der Waals surface area contributed by atoms with Gasteiger partial charge in [-0.1, -0.05) is 26.0 Å². The SMILES string of the molecule is COc1ccc(C(CCC(C)C)N[C@H](C)CO)cc1. The number of nitrogens with one attached hydrogen (secondary N) is 1. The molecule has 2 atom stereocenters. The fraction of sp³-hybridized carbons (Fsp3) is 0.625. The van der Waals surface area contributed by atoms with Crippen molar-refractivity contribution in [3.05, 3.63) is 29.8 Å². The predicted molar refractivity (Wildman–Crippen MR) is 79.5 cm³/mol. The van der Waals surface area contributed by atoms with E-state index in [1.165, 1.54) is 12.0 Å². The summed E-state index contributed by atoms with van der Waals surface area (Å²) in [5.74, 6) is 1.56. The second kappa shape index (κ2) is 8.18. The molecule has 0 fully saturated rings. The van der Waals surface area contributed by atoms with Gasteiger partial charge < -0.3 is 15.2 Å². The normalized spacial score (nSPS) is 14.4. The molecule has 1 unspecified atom stereocenters. The molecule has 0 aromatic heterocycles. The van der Waals surface area contributed by atoms with E-state index < -0.39 is 0 Å². The minimum absolute atomic E-state index is 0.110. The molecule has 0 amide bonds. The molecule has 0 heterocycles. The molecule has 0 aliphatic carbocycles. The molecule has 0 saturated carbocycles. The fourth-order valence-corrected chi connectivity index (χ4v) is 2.08. The number of ether oxygens (including phenoxy) is 1. The summed E-state index contributed by atoms with van der Waals surface area (Å²) in [6.07, 6.45) is 2.25. The summed E-state index contributed by atoms with van der Waals surface area (Å²) in [6, 6.07) is 8.57. The molecule has 1 aromatic carbocycles. The van der Waals surface area contributed by atoms with Crippen LogP contribution in [-0.2, 0) is 0 Å². The highest BCUT2D eigenvalue weighted by molar-refractivity contribution is 5.29. The Bertz CT molecular complexity index is 348. The number of benzene rings is 1. The molecule has 1 aromatic rings. The van der Waals surface area contributed by atoms with Gasteiger partial charge in [0.2, 0.25) is 0 Å². The third kappa shape index (κ3) is 5.62. The Morgan fingerprint density at radius 3 is 2.21 bits per heavy atom. The minimum atomic E-state index is 0.110. The van der Waals surface area contributed by atoms with E-state index in [2.05, 4.69) is 31.3 Å². The van der Waals surface area contributed by atoms with Crippen LogP contribution in [0.15, 0.2) is 24.3 Å². The Labute approximate surface area is 117 Å². The molecular formula is C16H27NO2. The zero-order valence-corrected chi connectivity index (χ0v) is 12.5. The molecule has 108 valence electrons. The third-order valence-electron chi connectivity index (χ3n) is 3.31. The summed E-state index contributed by atoms with van der Waals surface area (Å²) < 4.78 is 5.19. The van der Waals surface area contributed by atoms with Crippen molar-refractivity contribution in [1.29, 1.82) is 0 Å². The highest BCUT2D eigenvalue weighted by Crippen LogP contribution is 2.23. The average Bonchev–Trinajstić information content (AvgIpc) is 2.43. The van der Waals surface area contributed by atoms with Crippen LogP contribution in [0.3, 0.4) is 0 Å². The van der Waals surface area contributed by atoms with Crippen molar-refractivity contribution in [2.75, 3.05) is 13.7 Å². The van der Waals surface area contributed by atoms with Gasteiger partial charge in [0.25, 0.3) is 0 Å². The Hall–Kier alpha value is -1.06. The van der Waals surface area contributed by atoms with Crippen LogP contribution in [0.4, 0.5) is 0 Å². The lowest BCUT2D eigenvalue weighted by molar-refractivity contribution is 0.236. The van der Waals surface area contributed by atoms with E-state index in [1.807, 2.05) is 19.1 Å². The van der Waals surface area contributed by atoms with Crippen LogP contribution >= 0.6 is 0 Å². The van der Waals surface area contributed by atoms with Gasteiger partial charge in [-0.05, 0) is 43.4 Å². The van der Waals surface area contributed by atoms with Crippen LogP contribution in [0.5, 0.6) is 5.75 Å². The Balaban J connectivity index is 2.74. The minimum Gasteiger partial charge on any atom is -0.497 e. The Morgan fingerprint density at radius 1 is 1.11 bits per heavy atom. The van der Waals surface area contributed by atoms with Gasteiger partial charge >= 0.3 is 0 Å². The van der Waals surface area contributed by atoms with Crippen LogP contribution in [0.2, 0.25) is 0 Å². The molecule has 0 bridgehead atoms. The van der Waals surface area contributed by atoms with Gasteiger partial charge in [-0.2, -0.15) is 0 Å². The summed E-state index contributed by atoms with van der Waals surface area (Å²) >= 11 is 0. The first-order chi connectivity index (χ1) is 9.06. The second-order valence-electron chi connectivity index (χ2n) is 5.55. The predicted octanol–water partition coefficient (Wildman–Crippen LogP) is 3.14. The first kappa shape index (κ1) is 16.0. The van der Waals surface area contributed by atoms with E-state index in [0.717, 1.165) is 12.2 Å². The summed E-state index contributed by atoms with van der Waals surface area (Å²) in [7, 11) is 1.68. The fourth-order valence-electron chi connectivity index (χ4n) is 2.08. The van der Waals surface area contributed by atoms with Crippen molar-refractivity contribution < 1.29 is 9.84 Å². The molecule has 19 heavy (non-hydrogen) atoms. The average molecular weight is 265 g/mol. The Kier molecular flexibility index (Phi) is 6.89. The third-order valence-corrected chi connectivity index (χ3v) is 3.31. The molecule has 0 saturated heterocycles. The first-order valence-electron chi connectivity index (χ1n) is 7.07. The smallest absolute Gasteiger partial charge is 0.118 e. The molecule has 3 nitrogen and oxygen atoms in total. The Morgan fingerprint density at radius 2 is 1.74 bits per heavy atom. The number of aliphatic hydroxyl groups is 1. The summed E-state index contributed by atoms with van der Waals surface area (Å²) in [6.45, 7) is 6.64. The number of hydrogen-bond donors (Lipinski definition) is 2. The summed E-state index contributed by atoms with van der Waals surface area (Å²) in [4.78, 5) is 0. The number of methoxy groups -OCH3 is 1. The van der Waals surface area contributed by atoms with Crippen molar-refractivity contribution in [2.24, 2.45) is 5.92 Å². The molecule has 0 radical (unpaired) electrons. The monoisotopic (exact) mass is 265 g/mol. The maximum atomic E-state index is 9.21. The maximum absolute atomic E-state index is 9.21. The molecule has 0 spiro atoms. The van der Waals surface area contributed by atoms with Crippen LogP contribution in [0, 0.1) is 5.92 Å². The van der Waals surface area contributed by atoms with E-state index in [0.29, 0.717) is 5.92 Å². The van der Waals surface area contributed by atoms with E-state index in [-0.39, 0.29) is 18.7 Å². The molecule has 1 rings (SSSR count). The summed E-state index contributed by atoms with van der Waals surface area (Å²) in [5, 5.41) is 12.7. The zero-order valence-electron chi connectivity index (χ0n) is 12.5. The number of hydrogen-bond acceptors (Lipinski definition) is 3. The van der Waals surface area contributed by atoms with Gasteiger partial charge in [0.15, 0.2) is 0 Å². The highest BCUT2D eigenvalue weighted by atomic mass is 16.5. The van der Waals surface area contributed by atoms with Crippen molar-refractivity contribution >= 4 is 0 Å². The van der Waals surface area contributed by atoms with Crippen LogP contribution in [0.1, 0.15) is 45.2 Å². The molecule has 0 aliphatic heterocycles. The van der Waals surface area contributed by atoms with Crippen molar-refractivity contribution in [2.45, 2.75) is 45.7 Å². The van der Waals surface area contributed by atoms with Crippen LogP contribution in [-0.4, -0.2) is 24.9 Å². The standard InChI is InChI=1S/C16H27NO2/c1-12(2)5-10-16(17-13(3)11-18)14-6-8-15(19-4)9-7-14/h6-9,12-13,16-18H,5,10-11H2,1-4H3/t13-,16?/m1/s1. The van der Waals surface area contributed by atoms with E-state index in [1.54, 1.807) is 7.11 Å². The van der Waals surface area contributed by atoms with Gasteiger partial charge in [-0.15, -0.1) is 0 Å². The second-order valence-corrected chi connectivity index (χ2v) is 5.55. The van der Waals surface area contributed by atoms with Gasteiger partial charge in [0.1, 0.15) is 5.75 Å². The van der Waals surface area contributed by atoms with Crippen molar-refractivity contribution in [1.82, 2.24) is 5.32 Å². The van der Waals surface area contributed by atoms with Crippen molar-refractivity contribution in [3.8, 4) is 5.75 Å². The van der Waals surface area contributed by atoms with Gasteiger partial charge in [-0.25, -0.2) is 0 Å². The highest BCUT2D eigenvalue weighted by Gasteiger charge is 2.14. The van der Waals surface area contributed by atoms with Gasteiger partial charge in [0, 0.05) is 12.1 Å². The van der Waals surface area contributed by atoms with E-state index in [4.69, 9.17) is 4.74 Å². The van der Waals surface area contributed by atoms with Crippen molar-refractivity contribution in [3.63, 3.8) is 0 Å². The van der Waals surface area contributed by atoms with Crippen LogP contribution in [0.25, 0.3) is 0 Å². The maximum Gasteiger partial charge on any atom is 0.118 e. The zero-order chi connectivity index (χ0) is 14.3. The number of rotatable bonds is 8. The largest absolute Gasteiger partial charge is 0.497 e. The topological polar surface area (TPSA) is 41.5 Å². The quantitative estimate of drug-likeness (QED) is 0.758. The number of aliphatic hydroxyl groups excluding tert-OH is 1. The lowest BCUT2D eigenvalue weighted by atomic mass is 9.97. The lowest BCUT2D eigenvalue weighted by Crippen LogP contribution is -2.33.